The van der Waals surface area contributed by atoms with Crippen LogP contribution in [-0.2, 0) is 14.3 Å². The lowest BCUT2D eigenvalue weighted by molar-refractivity contribution is -0.143. The molecule has 2 N–H and O–H groups in total. The first kappa shape index (κ1) is 29.0. The van der Waals surface area contributed by atoms with Crippen LogP contribution in [0.3, 0.4) is 0 Å². The Balaban J connectivity index is 3.52. The molecule has 0 bridgehead atoms. The van der Waals surface area contributed by atoms with Crippen molar-refractivity contribution in [2.75, 3.05) is 6.54 Å². The van der Waals surface area contributed by atoms with E-state index in [1.807, 2.05) is 59.7 Å². The normalized spacial score (nSPS) is 14.2. The summed E-state index contributed by atoms with van der Waals surface area (Å²) in [6.45, 7) is 16.0. The topological polar surface area (TPSA) is 112 Å². The number of ether oxygens (including phenoxy) is 1. The quantitative estimate of drug-likeness (QED) is 0.550. The molecule has 1 aromatic rings. The van der Waals surface area contributed by atoms with Gasteiger partial charge in [0.1, 0.15) is 24.2 Å². The highest BCUT2D eigenvalue weighted by molar-refractivity contribution is 5.92. The lowest BCUT2D eigenvalue weighted by Gasteiger charge is -2.36. The predicted octanol–water partition coefficient (Wildman–Crippen LogP) is 4.24. The number of rotatable bonds is 8. The van der Waals surface area contributed by atoms with Gasteiger partial charge in [0.05, 0.1) is 6.07 Å². The molecule has 0 saturated heterocycles. The molecule has 34 heavy (non-hydrogen) atoms. The third-order valence-corrected chi connectivity index (χ3v) is 5.22. The first-order valence-electron chi connectivity index (χ1n) is 11.7. The maximum absolute atomic E-state index is 13.9. The van der Waals surface area contributed by atoms with Gasteiger partial charge in [0.15, 0.2) is 0 Å². The third-order valence-electron chi connectivity index (χ3n) is 5.22. The molecular formula is C26H40N4O4. The van der Waals surface area contributed by atoms with Crippen molar-refractivity contribution in [1.82, 2.24) is 15.5 Å². The van der Waals surface area contributed by atoms with E-state index in [1.165, 1.54) is 4.90 Å². The molecular weight excluding hydrogens is 432 g/mol. The number of carbonyl (C=O) groups excluding carboxylic acids is 3. The van der Waals surface area contributed by atoms with Crippen LogP contribution in [0.25, 0.3) is 0 Å². The SMILES string of the molecule is CCC(C)C(NC(=O)OC(C)(C)C)C(=O)N(CC#N)C(C(=O)NC(C)(C)C)c1ccccc1C. The highest BCUT2D eigenvalue weighted by Gasteiger charge is 2.39. The Bertz CT molecular complexity index is 909. The van der Waals surface area contributed by atoms with E-state index in [0.717, 1.165) is 5.56 Å². The zero-order valence-corrected chi connectivity index (χ0v) is 22.0. The molecule has 3 atom stereocenters. The Morgan fingerprint density at radius 3 is 2.18 bits per heavy atom. The van der Waals surface area contributed by atoms with Crippen LogP contribution in [0.15, 0.2) is 24.3 Å². The van der Waals surface area contributed by atoms with Crippen molar-refractivity contribution in [2.24, 2.45) is 5.92 Å². The fraction of sp³-hybridized carbons (Fsp3) is 0.615. The average molecular weight is 473 g/mol. The first-order chi connectivity index (χ1) is 15.6. The van der Waals surface area contributed by atoms with E-state index in [1.54, 1.807) is 32.9 Å². The summed E-state index contributed by atoms with van der Waals surface area (Å²) in [5.41, 5.74) is 0.139. The van der Waals surface area contributed by atoms with Gasteiger partial charge in [-0.1, -0.05) is 44.5 Å². The Morgan fingerprint density at radius 2 is 1.71 bits per heavy atom. The summed E-state index contributed by atoms with van der Waals surface area (Å²) in [5.74, 6) is -1.17. The number of nitrogens with zero attached hydrogens (tertiary/aromatic N) is 2. The van der Waals surface area contributed by atoms with Gasteiger partial charge < -0.3 is 20.3 Å². The van der Waals surface area contributed by atoms with Crippen molar-refractivity contribution in [2.45, 2.75) is 92.0 Å². The highest BCUT2D eigenvalue weighted by atomic mass is 16.6. The van der Waals surface area contributed by atoms with Crippen molar-refractivity contribution in [1.29, 1.82) is 5.26 Å². The second-order valence-electron chi connectivity index (χ2n) is 10.6. The van der Waals surface area contributed by atoms with Gasteiger partial charge in [-0.2, -0.15) is 5.26 Å². The van der Waals surface area contributed by atoms with E-state index in [-0.39, 0.29) is 12.5 Å². The summed E-state index contributed by atoms with van der Waals surface area (Å²) in [7, 11) is 0. The molecule has 0 saturated carbocycles. The molecule has 0 aliphatic carbocycles. The summed E-state index contributed by atoms with van der Waals surface area (Å²) >= 11 is 0. The molecule has 0 spiro atoms. The minimum atomic E-state index is -1.04. The summed E-state index contributed by atoms with van der Waals surface area (Å²) in [6, 6.07) is 7.28. The van der Waals surface area contributed by atoms with Crippen molar-refractivity contribution < 1.29 is 19.1 Å². The highest BCUT2D eigenvalue weighted by Crippen LogP contribution is 2.27. The zero-order valence-electron chi connectivity index (χ0n) is 22.0. The largest absolute Gasteiger partial charge is 0.444 e. The van der Waals surface area contributed by atoms with E-state index in [9.17, 15) is 19.6 Å². The number of amides is 3. The minimum absolute atomic E-state index is 0.260. The fourth-order valence-corrected chi connectivity index (χ4v) is 3.45. The number of benzene rings is 1. The molecule has 0 radical (unpaired) electrons. The Labute approximate surface area is 204 Å². The molecule has 0 aliphatic rings. The molecule has 0 aromatic heterocycles. The third kappa shape index (κ3) is 8.69. The molecule has 0 fully saturated rings. The zero-order chi connectivity index (χ0) is 26.3. The van der Waals surface area contributed by atoms with Crippen LogP contribution in [0.4, 0.5) is 4.79 Å². The van der Waals surface area contributed by atoms with Crippen LogP contribution in [0.2, 0.25) is 0 Å². The van der Waals surface area contributed by atoms with Gasteiger partial charge in [-0.05, 0) is 65.5 Å². The smallest absolute Gasteiger partial charge is 0.408 e. The number of hydrogen-bond acceptors (Lipinski definition) is 5. The van der Waals surface area contributed by atoms with Crippen molar-refractivity contribution in [3.8, 4) is 6.07 Å². The van der Waals surface area contributed by atoms with E-state index in [4.69, 9.17) is 4.74 Å². The number of alkyl carbamates (subject to hydrolysis) is 1. The minimum Gasteiger partial charge on any atom is -0.444 e. The Hall–Kier alpha value is -3.08. The van der Waals surface area contributed by atoms with Gasteiger partial charge in [-0.25, -0.2) is 4.79 Å². The van der Waals surface area contributed by atoms with Gasteiger partial charge in [0.25, 0.3) is 0 Å². The number of nitrogens with one attached hydrogen (secondary N) is 2. The first-order valence-corrected chi connectivity index (χ1v) is 11.7. The summed E-state index contributed by atoms with van der Waals surface area (Å²) in [4.78, 5) is 41.1. The monoisotopic (exact) mass is 472 g/mol. The van der Waals surface area contributed by atoms with Crippen LogP contribution >= 0.6 is 0 Å². The Morgan fingerprint density at radius 1 is 1.12 bits per heavy atom. The van der Waals surface area contributed by atoms with Crippen LogP contribution in [0, 0.1) is 24.2 Å². The van der Waals surface area contributed by atoms with Gasteiger partial charge >= 0.3 is 6.09 Å². The van der Waals surface area contributed by atoms with Crippen molar-refractivity contribution in [3.05, 3.63) is 35.4 Å². The maximum Gasteiger partial charge on any atom is 0.408 e. The second kappa shape index (κ2) is 11.9. The van der Waals surface area contributed by atoms with E-state index in [0.29, 0.717) is 12.0 Å². The molecule has 8 heteroatoms. The Kier molecular flexibility index (Phi) is 10.1. The van der Waals surface area contributed by atoms with E-state index < -0.39 is 41.1 Å². The summed E-state index contributed by atoms with van der Waals surface area (Å²) in [5, 5.41) is 15.2. The van der Waals surface area contributed by atoms with Gasteiger partial charge in [0.2, 0.25) is 11.8 Å². The van der Waals surface area contributed by atoms with Crippen LogP contribution in [0.1, 0.15) is 79.0 Å². The molecule has 188 valence electrons. The summed E-state index contributed by atoms with van der Waals surface area (Å²) in [6.07, 6.45) is -0.134. The standard InChI is InChI=1S/C26H40N4O4/c1-10-17(2)20(28-24(33)34-26(7,8)9)23(32)30(16-15-27)21(22(31)29-25(4,5)6)19-14-12-11-13-18(19)3/h11-14,17,20-21H,10,16H2,1-9H3,(H,28,33)(H,29,31). The van der Waals surface area contributed by atoms with Crippen molar-refractivity contribution in [3.63, 3.8) is 0 Å². The average Bonchev–Trinajstić information content (AvgIpc) is 2.69. The lowest BCUT2D eigenvalue weighted by Crippen LogP contribution is -2.56. The van der Waals surface area contributed by atoms with Crippen molar-refractivity contribution >= 4 is 17.9 Å². The lowest BCUT2D eigenvalue weighted by atomic mass is 9.94. The molecule has 1 rings (SSSR count). The van der Waals surface area contributed by atoms with Gasteiger partial charge in [-0.15, -0.1) is 0 Å². The van der Waals surface area contributed by atoms with Crippen LogP contribution in [-0.4, -0.2) is 46.5 Å². The molecule has 1 aromatic carbocycles. The molecule has 8 nitrogen and oxygen atoms in total. The fourth-order valence-electron chi connectivity index (χ4n) is 3.45. The summed E-state index contributed by atoms with van der Waals surface area (Å²) < 4.78 is 5.37. The molecule has 3 unspecified atom stereocenters. The maximum atomic E-state index is 13.9. The second-order valence-corrected chi connectivity index (χ2v) is 10.6. The van der Waals surface area contributed by atoms with Gasteiger partial charge in [-0.3, -0.25) is 9.59 Å². The van der Waals surface area contributed by atoms with E-state index >= 15 is 0 Å². The van der Waals surface area contributed by atoms with Crippen LogP contribution < -0.4 is 10.6 Å². The molecule has 3 amide bonds. The molecule has 0 aliphatic heterocycles. The van der Waals surface area contributed by atoms with E-state index in [2.05, 4.69) is 10.6 Å². The number of carbonyl (C=O) groups is 3. The number of aryl methyl sites for hydroxylation is 1. The van der Waals surface area contributed by atoms with Crippen LogP contribution in [0.5, 0.6) is 0 Å². The predicted molar refractivity (Wildman–Crippen MR) is 132 cm³/mol. The van der Waals surface area contributed by atoms with Gasteiger partial charge in [0, 0.05) is 5.54 Å². The molecule has 0 heterocycles. The number of hydrogen-bond donors (Lipinski definition) is 2. The number of nitriles is 1.